The Kier molecular flexibility index (Phi) is 5.13. The van der Waals surface area contributed by atoms with Crippen LogP contribution in [0.4, 0.5) is 20.2 Å². The van der Waals surface area contributed by atoms with Gasteiger partial charge in [0.2, 0.25) is 0 Å². The first-order chi connectivity index (χ1) is 11.2. The second-order valence-corrected chi connectivity index (χ2v) is 7.11. The van der Waals surface area contributed by atoms with E-state index in [2.05, 4.69) is 5.32 Å². The number of benzene rings is 2. The van der Waals surface area contributed by atoms with Crippen LogP contribution in [0.3, 0.4) is 0 Å². The molecule has 1 N–H and O–H groups in total. The summed E-state index contributed by atoms with van der Waals surface area (Å²) in [6.45, 7) is 0.196. The van der Waals surface area contributed by atoms with Crippen LogP contribution in [0.15, 0.2) is 41.3 Å². The normalized spacial score (nSPS) is 11.3. The molecule has 0 aromatic heterocycles. The summed E-state index contributed by atoms with van der Waals surface area (Å²) in [6.07, 6.45) is 1.04. The van der Waals surface area contributed by atoms with Crippen LogP contribution in [0.25, 0.3) is 0 Å². The fraction of sp³-hybridized carbons (Fsp3) is 0.200. The van der Waals surface area contributed by atoms with E-state index in [0.29, 0.717) is 5.69 Å². The van der Waals surface area contributed by atoms with E-state index in [-0.39, 0.29) is 18.5 Å². The summed E-state index contributed by atoms with van der Waals surface area (Å²) in [5.41, 5.74) is -0.00944. The Labute approximate surface area is 137 Å². The number of nitrogens with one attached hydrogen (secondary N) is 1. The van der Waals surface area contributed by atoms with Crippen molar-refractivity contribution in [2.24, 2.45) is 0 Å². The number of anilines is 1. The highest BCUT2D eigenvalue weighted by Crippen LogP contribution is 2.27. The molecule has 9 heteroatoms. The number of hydrogen-bond donors (Lipinski definition) is 1. The first-order valence-corrected chi connectivity index (χ1v) is 8.74. The summed E-state index contributed by atoms with van der Waals surface area (Å²) in [5, 5.41) is 13.7. The summed E-state index contributed by atoms with van der Waals surface area (Å²) in [6, 6.07) is 6.71. The Hall–Kier alpha value is -2.55. The Balaban J connectivity index is 2.16. The van der Waals surface area contributed by atoms with Gasteiger partial charge in [0.1, 0.15) is 16.5 Å². The molecule has 2 aromatic rings. The number of nitrogens with zero attached hydrogens (tertiary/aromatic N) is 1. The summed E-state index contributed by atoms with van der Waals surface area (Å²) in [7, 11) is -3.78. The van der Waals surface area contributed by atoms with Crippen LogP contribution < -0.4 is 5.32 Å². The first-order valence-electron chi connectivity index (χ1n) is 6.85. The molecule has 6 nitrogen and oxygen atoms in total. The highest BCUT2D eigenvalue weighted by molar-refractivity contribution is 7.90. The molecular weight excluding hydrogens is 342 g/mol. The molecule has 0 spiro atoms. The molecule has 0 saturated carbocycles. The predicted molar refractivity (Wildman–Crippen MR) is 84.8 cm³/mol. The maximum Gasteiger partial charge on any atom is 0.288 e. The molecule has 2 aromatic carbocycles. The van der Waals surface area contributed by atoms with Crippen molar-refractivity contribution >= 4 is 21.2 Å². The average Bonchev–Trinajstić information content (AvgIpc) is 2.49. The van der Waals surface area contributed by atoms with Crippen LogP contribution in [-0.4, -0.2) is 26.1 Å². The van der Waals surface area contributed by atoms with Crippen molar-refractivity contribution in [1.82, 2.24) is 0 Å². The molecule has 24 heavy (non-hydrogen) atoms. The van der Waals surface area contributed by atoms with Crippen molar-refractivity contribution in [2.45, 2.75) is 11.3 Å². The van der Waals surface area contributed by atoms with Gasteiger partial charge in [-0.05, 0) is 42.3 Å². The van der Waals surface area contributed by atoms with Gasteiger partial charge in [0.15, 0.2) is 9.84 Å². The van der Waals surface area contributed by atoms with Crippen molar-refractivity contribution in [3.8, 4) is 0 Å². The lowest BCUT2D eigenvalue weighted by Crippen LogP contribution is -2.08. The molecule has 0 aliphatic rings. The van der Waals surface area contributed by atoms with Gasteiger partial charge in [-0.25, -0.2) is 17.2 Å². The minimum absolute atomic E-state index is 0.161. The number of nitro benzene ring substituents is 1. The van der Waals surface area contributed by atoms with E-state index in [1.165, 1.54) is 6.07 Å². The molecule has 128 valence electrons. The Morgan fingerprint density at radius 1 is 1.17 bits per heavy atom. The monoisotopic (exact) mass is 356 g/mol. The van der Waals surface area contributed by atoms with Crippen LogP contribution in [0.5, 0.6) is 0 Å². The lowest BCUT2D eigenvalue weighted by atomic mass is 10.1. The second kappa shape index (κ2) is 6.91. The third-order valence-electron chi connectivity index (χ3n) is 3.29. The van der Waals surface area contributed by atoms with Crippen molar-refractivity contribution in [1.29, 1.82) is 0 Å². The van der Waals surface area contributed by atoms with E-state index >= 15 is 0 Å². The molecular formula is C15H14F2N2O4S. The van der Waals surface area contributed by atoms with Gasteiger partial charge < -0.3 is 5.32 Å². The van der Waals surface area contributed by atoms with Crippen LogP contribution in [0.2, 0.25) is 0 Å². The minimum atomic E-state index is -3.78. The van der Waals surface area contributed by atoms with Gasteiger partial charge in [-0.15, -0.1) is 0 Å². The number of halogens is 2. The predicted octanol–water partition coefficient (Wildman–Crippen LogP) is 2.93. The van der Waals surface area contributed by atoms with Gasteiger partial charge in [0.05, 0.1) is 4.92 Å². The quantitative estimate of drug-likeness (QED) is 0.635. The van der Waals surface area contributed by atoms with Crippen LogP contribution in [-0.2, 0) is 16.3 Å². The number of nitro groups is 1. The van der Waals surface area contributed by atoms with Crippen LogP contribution >= 0.6 is 0 Å². The fourth-order valence-electron chi connectivity index (χ4n) is 2.15. The lowest BCUT2D eigenvalue weighted by molar-refractivity contribution is -0.387. The molecule has 0 aliphatic heterocycles. The number of hydrogen-bond acceptors (Lipinski definition) is 5. The SMILES string of the molecule is CS(=O)(=O)c1cc(NCCc2cc(F)ccc2F)ccc1[N+](=O)[O-]. The zero-order chi connectivity index (χ0) is 17.9. The van der Waals surface area contributed by atoms with Gasteiger partial charge >= 0.3 is 0 Å². The van der Waals surface area contributed by atoms with Crippen molar-refractivity contribution in [3.05, 3.63) is 63.7 Å². The second-order valence-electron chi connectivity index (χ2n) is 5.12. The van der Waals surface area contributed by atoms with E-state index in [1.807, 2.05) is 0 Å². The van der Waals surface area contributed by atoms with Gasteiger partial charge in [0, 0.05) is 24.6 Å². The fourth-order valence-corrected chi connectivity index (χ4v) is 3.01. The first kappa shape index (κ1) is 17.8. The van der Waals surface area contributed by atoms with Crippen LogP contribution in [0, 0.1) is 21.7 Å². The lowest BCUT2D eigenvalue weighted by Gasteiger charge is -2.09. The van der Waals surface area contributed by atoms with Gasteiger partial charge in [-0.1, -0.05) is 0 Å². The molecule has 0 saturated heterocycles. The highest BCUT2D eigenvalue weighted by atomic mass is 32.2. The maximum absolute atomic E-state index is 13.5. The molecule has 0 radical (unpaired) electrons. The molecule has 0 fully saturated rings. The van der Waals surface area contributed by atoms with Gasteiger partial charge in [-0.2, -0.15) is 0 Å². The third-order valence-corrected chi connectivity index (χ3v) is 4.41. The average molecular weight is 356 g/mol. The topological polar surface area (TPSA) is 89.3 Å². The summed E-state index contributed by atoms with van der Waals surface area (Å²) in [5.74, 6) is -1.10. The number of rotatable bonds is 6. The summed E-state index contributed by atoms with van der Waals surface area (Å²) >= 11 is 0. The van der Waals surface area contributed by atoms with Gasteiger partial charge in [0.25, 0.3) is 5.69 Å². The Morgan fingerprint density at radius 3 is 2.50 bits per heavy atom. The number of sulfone groups is 1. The van der Waals surface area contributed by atoms with Crippen molar-refractivity contribution in [2.75, 3.05) is 18.1 Å². The molecule has 0 aliphatic carbocycles. The summed E-state index contributed by atoms with van der Waals surface area (Å²) < 4.78 is 49.9. The smallest absolute Gasteiger partial charge is 0.288 e. The minimum Gasteiger partial charge on any atom is -0.385 e. The highest BCUT2D eigenvalue weighted by Gasteiger charge is 2.22. The molecule has 2 rings (SSSR count). The Bertz CT molecular complexity index is 885. The third kappa shape index (κ3) is 4.25. The van der Waals surface area contributed by atoms with Crippen molar-refractivity contribution < 1.29 is 22.1 Å². The van der Waals surface area contributed by atoms with E-state index in [4.69, 9.17) is 0 Å². The standard InChI is InChI=1S/C15H14F2N2O4S/c1-24(22,23)15-9-12(3-5-14(15)19(20)21)18-7-6-10-8-11(16)2-4-13(10)17/h2-5,8-9,18H,6-7H2,1H3. The molecule has 0 heterocycles. The zero-order valence-electron chi connectivity index (χ0n) is 12.6. The zero-order valence-corrected chi connectivity index (χ0v) is 13.4. The molecule has 0 bridgehead atoms. The van der Waals surface area contributed by atoms with E-state index in [9.17, 15) is 27.3 Å². The molecule has 0 atom stereocenters. The summed E-state index contributed by atoms with van der Waals surface area (Å²) in [4.78, 5) is 9.71. The van der Waals surface area contributed by atoms with E-state index in [1.54, 1.807) is 0 Å². The molecule has 0 unspecified atom stereocenters. The Morgan fingerprint density at radius 2 is 1.88 bits per heavy atom. The van der Waals surface area contributed by atoms with E-state index < -0.39 is 37.0 Å². The van der Waals surface area contributed by atoms with Crippen molar-refractivity contribution in [3.63, 3.8) is 0 Å². The molecule has 0 amide bonds. The largest absolute Gasteiger partial charge is 0.385 e. The van der Waals surface area contributed by atoms with E-state index in [0.717, 1.165) is 36.6 Å². The maximum atomic E-state index is 13.5. The van der Waals surface area contributed by atoms with Crippen LogP contribution in [0.1, 0.15) is 5.56 Å². The van der Waals surface area contributed by atoms with Gasteiger partial charge in [-0.3, -0.25) is 10.1 Å².